The number of hydrogen-bond acceptors (Lipinski definition) is 5. The van der Waals surface area contributed by atoms with E-state index < -0.39 is 0 Å². The molecule has 1 aromatic carbocycles. The van der Waals surface area contributed by atoms with Gasteiger partial charge in [0.15, 0.2) is 0 Å². The average Bonchev–Trinajstić information content (AvgIpc) is 3.55. The Labute approximate surface area is 158 Å². The zero-order chi connectivity index (χ0) is 18.6. The number of ether oxygens (including phenoxy) is 1. The van der Waals surface area contributed by atoms with Crippen LogP contribution in [0.25, 0.3) is 0 Å². The Morgan fingerprint density at radius 2 is 1.93 bits per heavy atom. The number of carbonyl (C=O) groups excluding carboxylic acids is 1. The van der Waals surface area contributed by atoms with Gasteiger partial charge in [-0.05, 0) is 37.1 Å². The molecule has 1 aromatic heterocycles. The highest BCUT2D eigenvalue weighted by Crippen LogP contribution is 2.38. The Bertz CT molecular complexity index is 852. The van der Waals surface area contributed by atoms with Crippen molar-refractivity contribution < 1.29 is 9.53 Å². The van der Waals surface area contributed by atoms with Crippen molar-refractivity contribution in [2.45, 2.75) is 25.3 Å². The van der Waals surface area contributed by atoms with Crippen LogP contribution < -0.4 is 15.8 Å². The first-order chi connectivity index (χ1) is 13.2. The Kier molecular flexibility index (Phi) is 5.20. The SMILES string of the molecule is O=C(NCCn1cnc(C2CC2)cc1=O)c1ccc(N2CCOCC2)cc1. The number of morpholine rings is 1. The topological polar surface area (TPSA) is 76.5 Å². The molecule has 0 atom stereocenters. The van der Waals surface area contributed by atoms with Crippen LogP contribution in [0.3, 0.4) is 0 Å². The van der Waals surface area contributed by atoms with Crippen molar-refractivity contribution in [2.24, 2.45) is 0 Å². The Hall–Kier alpha value is -2.67. The lowest BCUT2D eigenvalue weighted by molar-refractivity contribution is 0.0952. The van der Waals surface area contributed by atoms with Crippen molar-refractivity contribution in [2.75, 3.05) is 37.7 Å². The molecule has 1 N–H and O–H groups in total. The van der Waals surface area contributed by atoms with Crippen molar-refractivity contribution >= 4 is 11.6 Å². The normalized spacial score (nSPS) is 17.0. The minimum atomic E-state index is -0.140. The van der Waals surface area contributed by atoms with Gasteiger partial charge in [0.05, 0.1) is 25.2 Å². The highest BCUT2D eigenvalue weighted by atomic mass is 16.5. The number of aromatic nitrogens is 2. The average molecular weight is 368 g/mol. The molecule has 7 nitrogen and oxygen atoms in total. The zero-order valence-electron chi connectivity index (χ0n) is 15.3. The molecular formula is C20H24N4O3. The predicted molar refractivity (Wildman–Crippen MR) is 102 cm³/mol. The lowest BCUT2D eigenvalue weighted by Gasteiger charge is -2.28. The Morgan fingerprint density at radius 1 is 1.19 bits per heavy atom. The summed E-state index contributed by atoms with van der Waals surface area (Å²) >= 11 is 0. The summed E-state index contributed by atoms with van der Waals surface area (Å²) in [5, 5.41) is 2.86. The highest BCUT2D eigenvalue weighted by molar-refractivity contribution is 5.94. The van der Waals surface area contributed by atoms with E-state index in [4.69, 9.17) is 4.74 Å². The van der Waals surface area contributed by atoms with E-state index in [1.807, 2.05) is 24.3 Å². The quantitative estimate of drug-likeness (QED) is 0.834. The van der Waals surface area contributed by atoms with Crippen LogP contribution in [0.15, 0.2) is 41.5 Å². The van der Waals surface area contributed by atoms with E-state index in [1.165, 1.54) is 4.57 Å². The van der Waals surface area contributed by atoms with Crippen LogP contribution >= 0.6 is 0 Å². The minimum Gasteiger partial charge on any atom is -0.378 e. The van der Waals surface area contributed by atoms with Crippen molar-refractivity contribution in [3.05, 3.63) is 58.3 Å². The van der Waals surface area contributed by atoms with E-state index in [0.29, 0.717) is 24.6 Å². The molecule has 0 unspecified atom stereocenters. The van der Waals surface area contributed by atoms with Crippen LogP contribution in [0.2, 0.25) is 0 Å². The first kappa shape index (κ1) is 17.7. The van der Waals surface area contributed by atoms with E-state index in [9.17, 15) is 9.59 Å². The van der Waals surface area contributed by atoms with Gasteiger partial charge in [-0.2, -0.15) is 0 Å². The summed E-state index contributed by atoms with van der Waals surface area (Å²) in [7, 11) is 0. The third-order valence-electron chi connectivity index (χ3n) is 5.04. The maximum absolute atomic E-state index is 12.3. The van der Waals surface area contributed by atoms with Gasteiger partial charge in [-0.15, -0.1) is 0 Å². The van der Waals surface area contributed by atoms with Crippen LogP contribution in [-0.2, 0) is 11.3 Å². The number of anilines is 1. The second kappa shape index (κ2) is 7.92. The number of benzene rings is 1. The molecule has 2 aromatic rings. The molecule has 27 heavy (non-hydrogen) atoms. The van der Waals surface area contributed by atoms with Crippen molar-refractivity contribution in [3.8, 4) is 0 Å². The van der Waals surface area contributed by atoms with E-state index >= 15 is 0 Å². The standard InChI is InChI=1S/C20H24N4O3/c25-19-13-18(15-1-2-15)22-14-24(19)8-7-21-20(26)16-3-5-17(6-4-16)23-9-11-27-12-10-23/h3-6,13-15H,1-2,7-12H2,(H,21,26). The third-order valence-corrected chi connectivity index (χ3v) is 5.04. The maximum Gasteiger partial charge on any atom is 0.253 e. The molecular weight excluding hydrogens is 344 g/mol. The summed E-state index contributed by atoms with van der Waals surface area (Å²) in [4.78, 5) is 31.0. The summed E-state index contributed by atoms with van der Waals surface area (Å²) in [5.41, 5.74) is 2.54. The molecule has 0 spiro atoms. The molecule has 1 aliphatic heterocycles. The maximum atomic E-state index is 12.3. The van der Waals surface area contributed by atoms with Crippen molar-refractivity contribution in [1.29, 1.82) is 0 Å². The van der Waals surface area contributed by atoms with Crippen LogP contribution in [0.5, 0.6) is 0 Å². The van der Waals surface area contributed by atoms with Gasteiger partial charge >= 0.3 is 0 Å². The number of rotatable bonds is 6. The first-order valence-corrected chi connectivity index (χ1v) is 9.48. The fourth-order valence-corrected chi connectivity index (χ4v) is 3.25. The Balaban J connectivity index is 1.29. The molecule has 142 valence electrons. The lowest BCUT2D eigenvalue weighted by atomic mass is 10.1. The van der Waals surface area contributed by atoms with Gasteiger partial charge in [0.1, 0.15) is 0 Å². The summed E-state index contributed by atoms with van der Waals surface area (Å²) in [6, 6.07) is 9.21. The van der Waals surface area contributed by atoms with Gasteiger partial charge < -0.3 is 15.0 Å². The van der Waals surface area contributed by atoms with Gasteiger partial charge in [-0.3, -0.25) is 14.2 Å². The van der Waals surface area contributed by atoms with Crippen molar-refractivity contribution in [1.82, 2.24) is 14.9 Å². The summed E-state index contributed by atoms with van der Waals surface area (Å²) in [6.45, 7) is 4.00. The number of amides is 1. The van der Waals surface area contributed by atoms with Crippen LogP contribution in [-0.4, -0.2) is 48.3 Å². The molecule has 1 amide bonds. The largest absolute Gasteiger partial charge is 0.378 e. The molecule has 4 rings (SSSR count). The van der Waals surface area contributed by atoms with Crippen LogP contribution in [0.1, 0.15) is 34.8 Å². The predicted octanol–water partition coefficient (Wildman–Crippen LogP) is 1.39. The van der Waals surface area contributed by atoms with Gasteiger partial charge in [0, 0.05) is 49.4 Å². The van der Waals surface area contributed by atoms with E-state index in [1.54, 1.807) is 12.4 Å². The van der Waals surface area contributed by atoms with Gasteiger partial charge in [0.2, 0.25) is 0 Å². The summed E-state index contributed by atoms with van der Waals surface area (Å²) in [6.07, 6.45) is 3.83. The van der Waals surface area contributed by atoms with Gasteiger partial charge in [-0.1, -0.05) is 0 Å². The van der Waals surface area contributed by atoms with E-state index in [2.05, 4.69) is 15.2 Å². The molecule has 0 bridgehead atoms. The number of carbonyl (C=O) groups is 1. The van der Waals surface area contributed by atoms with E-state index in [-0.39, 0.29) is 11.5 Å². The smallest absolute Gasteiger partial charge is 0.253 e. The monoisotopic (exact) mass is 368 g/mol. The molecule has 1 aliphatic carbocycles. The molecule has 0 radical (unpaired) electrons. The molecule has 7 heteroatoms. The fourth-order valence-electron chi connectivity index (χ4n) is 3.25. The first-order valence-electron chi connectivity index (χ1n) is 9.48. The molecule has 2 aliphatic rings. The lowest BCUT2D eigenvalue weighted by Crippen LogP contribution is -2.36. The van der Waals surface area contributed by atoms with Gasteiger partial charge in [0.25, 0.3) is 11.5 Å². The minimum absolute atomic E-state index is 0.0592. The van der Waals surface area contributed by atoms with Crippen LogP contribution in [0, 0.1) is 0 Å². The molecule has 1 saturated heterocycles. The fraction of sp³-hybridized carbons (Fsp3) is 0.450. The number of hydrogen-bond donors (Lipinski definition) is 1. The summed E-state index contributed by atoms with van der Waals surface area (Å²) in [5.74, 6) is 0.326. The zero-order valence-corrected chi connectivity index (χ0v) is 15.3. The van der Waals surface area contributed by atoms with E-state index in [0.717, 1.165) is 50.5 Å². The molecule has 2 fully saturated rings. The third kappa shape index (κ3) is 4.36. The second-order valence-corrected chi connectivity index (χ2v) is 7.02. The Morgan fingerprint density at radius 3 is 2.59 bits per heavy atom. The highest BCUT2D eigenvalue weighted by Gasteiger charge is 2.25. The van der Waals surface area contributed by atoms with Gasteiger partial charge in [-0.25, -0.2) is 4.98 Å². The second-order valence-electron chi connectivity index (χ2n) is 7.02. The van der Waals surface area contributed by atoms with Crippen molar-refractivity contribution in [3.63, 3.8) is 0 Å². The number of nitrogens with zero attached hydrogens (tertiary/aromatic N) is 3. The summed E-state index contributed by atoms with van der Waals surface area (Å²) < 4.78 is 6.89. The molecule has 1 saturated carbocycles. The van der Waals surface area contributed by atoms with Crippen LogP contribution in [0.4, 0.5) is 5.69 Å². The molecule has 2 heterocycles. The number of nitrogens with one attached hydrogen (secondary N) is 1.